The van der Waals surface area contributed by atoms with Crippen LogP contribution in [0.3, 0.4) is 0 Å². The molecule has 0 radical (unpaired) electrons. The minimum Gasteiger partial charge on any atom is -0.378 e. The van der Waals surface area contributed by atoms with Gasteiger partial charge in [0.15, 0.2) is 0 Å². The van der Waals surface area contributed by atoms with Crippen molar-refractivity contribution in [3.8, 4) is 0 Å². The Balaban J connectivity index is 2.05. The number of halogens is 1. The van der Waals surface area contributed by atoms with E-state index >= 15 is 0 Å². The zero-order valence-electron chi connectivity index (χ0n) is 9.25. The molecular weight excluding hydrogens is 284 g/mol. The van der Waals surface area contributed by atoms with Crippen LogP contribution in [-0.4, -0.2) is 4.98 Å². The van der Waals surface area contributed by atoms with E-state index in [0.29, 0.717) is 0 Å². The van der Waals surface area contributed by atoms with E-state index in [2.05, 4.69) is 39.2 Å². The molecule has 0 fully saturated rings. The van der Waals surface area contributed by atoms with E-state index in [9.17, 15) is 0 Å². The smallest absolute Gasteiger partial charge is 0.112 e. The Morgan fingerprint density at radius 2 is 2.06 bits per heavy atom. The van der Waals surface area contributed by atoms with Gasteiger partial charge < -0.3 is 5.32 Å². The second-order valence-corrected chi connectivity index (χ2v) is 5.72. The molecule has 0 atom stereocenters. The molecule has 2 aromatic rings. The maximum Gasteiger partial charge on any atom is 0.112 e. The van der Waals surface area contributed by atoms with Crippen LogP contribution in [0.4, 0.5) is 5.69 Å². The number of aromatic nitrogens is 1. The van der Waals surface area contributed by atoms with Crippen molar-refractivity contribution in [1.29, 1.82) is 0 Å². The van der Waals surface area contributed by atoms with Gasteiger partial charge in [-0.25, -0.2) is 4.98 Å². The molecule has 0 unspecified atom stereocenters. The number of nitrogens with one attached hydrogen (secondary N) is 1. The minimum atomic E-state index is 0.780. The first kappa shape index (κ1) is 11.6. The fourth-order valence-corrected chi connectivity index (χ4v) is 2.69. The maximum atomic E-state index is 4.50. The van der Waals surface area contributed by atoms with Gasteiger partial charge in [-0.15, -0.1) is 11.3 Å². The molecule has 1 aromatic heterocycles. The Hall–Kier alpha value is -0.870. The second kappa shape index (κ2) is 4.97. The zero-order valence-corrected chi connectivity index (χ0v) is 11.7. The Bertz CT molecular complexity index is 474. The van der Waals surface area contributed by atoms with E-state index in [0.717, 1.165) is 27.4 Å². The molecule has 0 saturated heterocycles. The van der Waals surface area contributed by atoms with Crippen LogP contribution < -0.4 is 5.32 Å². The number of rotatable bonds is 3. The molecule has 1 heterocycles. The van der Waals surface area contributed by atoms with Crippen LogP contribution in [0.15, 0.2) is 28.7 Å². The van der Waals surface area contributed by atoms with Crippen molar-refractivity contribution in [2.75, 3.05) is 5.32 Å². The summed E-state index contributed by atoms with van der Waals surface area (Å²) in [5.74, 6) is 0. The molecule has 0 aliphatic carbocycles. The second-order valence-electron chi connectivity index (χ2n) is 3.58. The summed E-state index contributed by atoms with van der Waals surface area (Å²) in [7, 11) is 0. The lowest BCUT2D eigenvalue weighted by Gasteiger charge is -2.05. The molecule has 2 nitrogen and oxygen atoms in total. The third-order valence-electron chi connectivity index (χ3n) is 2.38. The third kappa shape index (κ3) is 2.62. The molecule has 1 N–H and O–H groups in total. The zero-order chi connectivity index (χ0) is 11.5. The highest BCUT2D eigenvalue weighted by Crippen LogP contribution is 2.23. The lowest BCUT2D eigenvalue weighted by molar-refractivity contribution is 1.07. The highest BCUT2D eigenvalue weighted by molar-refractivity contribution is 9.10. The predicted molar refractivity (Wildman–Crippen MR) is 73.1 cm³/mol. The molecule has 0 aliphatic heterocycles. The van der Waals surface area contributed by atoms with Crippen molar-refractivity contribution < 1.29 is 0 Å². The molecule has 84 valence electrons. The first-order chi connectivity index (χ1) is 7.66. The van der Waals surface area contributed by atoms with Crippen LogP contribution in [0.5, 0.6) is 0 Å². The van der Waals surface area contributed by atoms with Crippen molar-refractivity contribution in [3.63, 3.8) is 0 Å². The summed E-state index contributed by atoms with van der Waals surface area (Å²) in [5.41, 5.74) is 2.24. The van der Waals surface area contributed by atoms with E-state index in [1.165, 1.54) is 4.88 Å². The van der Waals surface area contributed by atoms with Gasteiger partial charge in [0.2, 0.25) is 0 Å². The highest BCUT2D eigenvalue weighted by Gasteiger charge is 2.04. The summed E-state index contributed by atoms with van der Waals surface area (Å²) in [6.45, 7) is 4.94. The molecular formula is C12H13BrN2S. The molecule has 0 amide bonds. The minimum absolute atomic E-state index is 0.780. The molecule has 4 heteroatoms. The van der Waals surface area contributed by atoms with Crippen molar-refractivity contribution in [3.05, 3.63) is 44.3 Å². The molecule has 0 saturated carbocycles. The van der Waals surface area contributed by atoms with Crippen LogP contribution in [0, 0.1) is 13.8 Å². The molecule has 0 bridgehead atoms. The van der Waals surface area contributed by atoms with Gasteiger partial charge in [0.1, 0.15) is 5.01 Å². The number of nitrogens with zero attached hydrogens (tertiary/aromatic N) is 1. The predicted octanol–water partition coefficient (Wildman–Crippen LogP) is 4.13. The Morgan fingerprint density at radius 3 is 2.69 bits per heavy atom. The van der Waals surface area contributed by atoms with Gasteiger partial charge >= 0.3 is 0 Å². The summed E-state index contributed by atoms with van der Waals surface area (Å²) in [6.07, 6.45) is 0. The van der Waals surface area contributed by atoms with Crippen molar-refractivity contribution in [2.24, 2.45) is 0 Å². The molecule has 2 rings (SSSR count). The Kier molecular flexibility index (Phi) is 3.61. The molecule has 16 heavy (non-hydrogen) atoms. The number of thiazole rings is 1. The van der Waals surface area contributed by atoms with Gasteiger partial charge in [-0.3, -0.25) is 0 Å². The van der Waals surface area contributed by atoms with E-state index < -0.39 is 0 Å². The topological polar surface area (TPSA) is 24.9 Å². The summed E-state index contributed by atoms with van der Waals surface area (Å²) in [6, 6.07) is 8.11. The Morgan fingerprint density at radius 1 is 1.31 bits per heavy atom. The van der Waals surface area contributed by atoms with Crippen LogP contribution in [0.25, 0.3) is 0 Å². The summed E-state index contributed by atoms with van der Waals surface area (Å²) in [4.78, 5) is 5.79. The van der Waals surface area contributed by atoms with Crippen molar-refractivity contribution >= 4 is 33.0 Å². The molecule has 1 aromatic carbocycles. The standard InChI is InChI=1S/C12H13BrN2S/c1-8-9(2)16-12(15-8)7-14-11-6-4-3-5-10(11)13/h3-6,14H,7H2,1-2H3. The monoisotopic (exact) mass is 296 g/mol. The lowest BCUT2D eigenvalue weighted by atomic mass is 10.3. The van der Waals surface area contributed by atoms with Crippen LogP contribution in [0.2, 0.25) is 0 Å². The fourth-order valence-electron chi connectivity index (χ4n) is 1.39. The number of hydrogen-bond donors (Lipinski definition) is 1. The van der Waals surface area contributed by atoms with Crippen LogP contribution in [-0.2, 0) is 6.54 Å². The average molecular weight is 297 g/mol. The van der Waals surface area contributed by atoms with E-state index in [4.69, 9.17) is 0 Å². The van der Waals surface area contributed by atoms with Gasteiger partial charge in [-0.2, -0.15) is 0 Å². The van der Waals surface area contributed by atoms with Crippen molar-refractivity contribution in [1.82, 2.24) is 4.98 Å². The number of para-hydroxylation sites is 1. The van der Waals surface area contributed by atoms with Crippen LogP contribution in [0.1, 0.15) is 15.6 Å². The quantitative estimate of drug-likeness (QED) is 0.921. The van der Waals surface area contributed by atoms with E-state index in [-0.39, 0.29) is 0 Å². The first-order valence-corrected chi connectivity index (χ1v) is 6.69. The largest absolute Gasteiger partial charge is 0.378 e. The lowest BCUT2D eigenvalue weighted by Crippen LogP contribution is -1.99. The third-order valence-corrected chi connectivity index (χ3v) is 4.14. The number of hydrogen-bond acceptors (Lipinski definition) is 3. The Labute approximate surface area is 108 Å². The summed E-state index contributed by atoms with van der Waals surface area (Å²) < 4.78 is 1.08. The summed E-state index contributed by atoms with van der Waals surface area (Å²) >= 11 is 5.26. The van der Waals surface area contributed by atoms with Crippen LogP contribution >= 0.6 is 27.3 Å². The number of anilines is 1. The highest BCUT2D eigenvalue weighted by atomic mass is 79.9. The summed E-state index contributed by atoms with van der Waals surface area (Å²) in [5, 5.41) is 4.50. The first-order valence-electron chi connectivity index (χ1n) is 5.08. The van der Waals surface area contributed by atoms with Gasteiger partial charge in [-0.1, -0.05) is 12.1 Å². The SMILES string of the molecule is Cc1nc(CNc2ccccc2Br)sc1C. The normalized spacial score (nSPS) is 10.4. The maximum absolute atomic E-state index is 4.50. The average Bonchev–Trinajstić information content (AvgIpc) is 2.57. The van der Waals surface area contributed by atoms with Gasteiger partial charge in [0, 0.05) is 15.0 Å². The van der Waals surface area contributed by atoms with E-state index in [1.807, 2.05) is 25.1 Å². The van der Waals surface area contributed by atoms with Gasteiger partial charge in [0.25, 0.3) is 0 Å². The molecule has 0 aliphatic rings. The fraction of sp³-hybridized carbons (Fsp3) is 0.250. The molecule has 0 spiro atoms. The van der Waals surface area contributed by atoms with Gasteiger partial charge in [-0.05, 0) is 41.9 Å². The van der Waals surface area contributed by atoms with Gasteiger partial charge in [0.05, 0.1) is 12.2 Å². The number of aryl methyl sites for hydroxylation is 2. The van der Waals surface area contributed by atoms with Crippen molar-refractivity contribution in [2.45, 2.75) is 20.4 Å². The van der Waals surface area contributed by atoms with E-state index in [1.54, 1.807) is 11.3 Å². The number of benzene rings is 1.